The summed E-state index contributed by atoms with van der Waals surface area (Å²) in [4.78, 5) is 12.0. The van der Waals surface area contributed by atoms with Gasteiger partial charge in [-0.15, -0.1) is 0 Å². The Hall–Kier alpha value is -1.95. The molecular formula is C14H15BrN4O. The third kappa shape index (κ3) is 2.96. The van der Waals surface area contributed by atoms with Crippen LogP contribution in [0.15, 0.2) is 33.8 Å². The number of hydrogen-bond acceptors (Lipinski definition) is 3. The van der Waals surface area contributed by atoms with E-state index in [0.29, 0.717) is 10.2 Å². The number of hydrogen-bond donors (Lipinski definition) is 1. The molecule has 0 radical (unpaired) electrons. The fourth-order valence-corrected chi connectivity index (χ4v) is 2.19. The Labute approximate surface area is 125 Å². The predicted molar refractivity (Wildman–Crippen MR) is 81.9 cm³/mol. The Bertz CT molecular complexity index is 676. The third-order valence-electron chi connectivity index (χ3n) is 3.03. The Morgan fingerprint density at radius 1 is 1.40 bits per heavy atom. The first-order chi connectivity index (χ1) is 9.50. The summed E-state index contributed by atoms with van der Waals surface area (Å²) in [5, 5.41) is 8.10. The summed E-state index contributed by atoms with van der Waals surface area (Å²) in [6.45, 7) is 3.87. The van der Waals surface area contributed by atoms with Crippen LogP contribution in [0.1, 0.15) is 27.3 Å². The summed E-state index contributed by atoms with van der Waals surface area (Å²) >= 11 is 3.35. The first kappa shape index (κ1) is 14.5. The van der Waals surface area contributed by atoms with E-state index in [1.807, 2.05) is 38.1 Å². The van der Waals surface area contributed by atoms with E-state index in [1.165, 1.54) is 0 Å². The lowest BCUT2D eigenvalue weighted by Crippen LogP contribution is -2.19. The van der Waals surface area contributed by atoms with E-state index in [2.05, 4.69) is 31.6 Å². The lowest BCUT2D eigenvalue weighted by Gasteiger charge is -1.99. The summed E-state index contributed by atoms with van der Waals surface area (Å²) in [6, 6.07) is 7.81. The van der Waals surface area contributed by atoms with Gasteiger partial charge in [0.1, 0.15) is 0 Å². The molecule has 0 unspecified atom stereocenters. The molecule has 0 spiro atoms. The second kappa shape index (κ2) is 6.00. The van der Waals surface area contributed by atoms with Crippen molar-refractivity contribution in [1.29, 1.82) is 0 Å². The van der Waals surface area contributed by atoms with Crippen LogP contribution in [0.25, 0.3) is 0 Å². The second-order valence-corrected chi connectivity index (χ2v) is 5.22. The van der Waals surface area contributed by atoms with Crippen molar-refractivity contribution >= 4 is 28.1 Å². The molecule has 1 aromatic carbocycles. The van der Waals surface area contributed by atoms with Gasteiger partial charge in [-0.25, -0.2) is 5.43 Å². The molecule has 0 bridgehead atoms. The van der Waals surface area contributed by atoms with Gasteiger partial charge in [-0.1, -0.05) is 24.3 Å². The number of aryl methyl sites for hydroxylation is 2. The molecule has 0 aliphatic rings. The number of aromatic nitrogens is 2. The molecule has 1 heterocycles. The SMILES string of the molecule is Cc1ccccc1/C=N/NC(=O)c1nn(C)c(C)c1Br. The molecule has 5 nitrogen and oxygen atoms in total. The zero-order valence-electron chi connectivity index (χ0n) is 11.5. The highest BCUT2D eigenvalue weighted by Gasteiger charge is 2.16. The highest BCUT2D eigenvalue weighted by Crippen LogP contribution is 2.19. The Morgan fingerprint density at radius 2 is 2.10 bits per heavy atom. The van der Waals surface area contributed by atoms with E-state index in [4.69, 9.17) is 0 Å². The molecule has 0 fully saturated rings. The van der Waals surface area contributed by atoms with Gasteiger partial charge in [0.15, 0.2) is 5.69 Å². The fourth-order valence-electron chi connectivity index (χ4n) is 1.67. The number of halogens is 1. The molecule has 0 aliphatic carbocycles. The van der Waals surface area contributed by atoms with Crippen molar-refractivity contribution in [3.8, 4) is 0 Å². The summed E-state index contributed by atoms with van der Waals surface area (Å²) in [6.07, 6.45) is 1.62. The van der Waals surface area contributed by atoms with Gasteiger partial charge in [0.25, 0.3) is 5.91 Å². The molecule has 2 aromatic rings. The van der Waals surface area contributed by atoms with Crippen molar-refractivity contribution in [3.05, 3.63) is 51.3 Å². The van der Waals surface area contributed by atoms with Gasteiger partial charge in [0, 0.05) is 7.05 Å². The zero-order valence-corrected chi connectivity index (χ0v) is 13.1. The lowest BCUT2D eigenvalue weighted by molar-refractivity contribution is 0.0948. The predicted octanol–water partition coefficient (Wildman–Crippen LogP) is 2.56. The van der Waals surface area contributed by atoms with Crippen LogP contribution >= 0.6 is 15.9 Å². The van der Waals surface area contributed by atoms with Crippen LogP contribution in [-0.2, 0) is 7.05 Å². The first-order valence-corrected chi connectivity index (χ1v) is 6.88. The molecule has 0 atom stereocenters. The summed E-state index contributed by atoms with van der Waals surface area (Å²) in [7, 11) is 1.79. The van der Waals surface area contributed by atoms with Crippen molar-refractivity contribution in [1.82, 2.24) is 15.2 Å². The van der Waals surface area contributed by atoms with Gasteiger partial charge in [-0.2, -0.15) is 10.2 Å². The van der Waals surface area contributed by atoms with Crippen LogP contribution in [0, 0.1) is 13.8 Å². The van der Waals surface area contributed by atoms with Crippen LogP contribution in [0.3, 0.4) is 0 Å². The number of rotatable bonds is 3. The quantitative estimate of drug-likeness (QED) is 0.692. The minimum absolute atomic E-state index is 0.326. The highest BCUT2D eigenvalue weighted by atomic mass is 79.9. The molecule has 104 valence electrons. The fraction of sp³-hybridized carbons (Fsp3) is 0.214. The smallest absolute Gasteiger partial charge is 0.271 e. The molecule has 2 rings (SSSR count). The van der Waals surface area contributed by atoms with Gasteiger partial charge in [0.2, 0.25) is 0 Å². The molecular weight excluding hydrogens is 320 g/mol. The minimum atomic E-state index is -0.342. The Balaban J connectivity index is 2.09. The van der Waals surface area contributed by atoms with Crippen LogP contribution in [0.2, 0.25) is 0 Å². The van der Waals surface area contributed by atoms with Gasteiger partial charge < -0.3 is 0 Å². The van der Waals surface area contributed by atoms with Gasteiger partial charge in [0.05, 0.1) is 16.4 Å². The maximum Gasteiger partial charge on any atom is 0.293 e. The molecule has 1 aromatic heterocycles. The summed E-state index contributed by atoms with van der Waals surface area (Å²) in [5.41, 5.74) is 5.75. The van der Waals surface area contributed by atoms with Crippen molar-refractivity contribution in [2.45, 2.75) is 13.8 Å². The summed E-state index contributed by atoms with van der Waals surface area (Å²) < 4.78 is 2.33. The Kier molecular flexibility index (Phi) is 4.34. The number of benzene rings is 1. The Morgan fingerprint density at radius 3 is 2.70 bits per heavy atom. The topological polar surface area (TPSA) is 59.3 Å². The van der Waals surface area contributed by atoms with Gasteiger partial charge >= 0.3 is 0 Å². The monoisotopic (exact) mass is 334 g/mol. The number of hydrazone groups is 1. The number of nitrogens with one attached hydrogen (secondary N) is 1. The third-order valence-corrected chi connectivity index (χ3v) is 3.98. The molecule has 0 aliphatic heterocycles. The number of amides is 1. The maximum absolute atomic E-state index is 12.0. The molecule has 20 heavy (non-hydrogen) atoms. The average Bonchev–Trinajstić information content (AvgIpc) is 2.68. The van der Waals surface area contributed by atoms with Crippen molar-refractivity contribution in [3.63, 3.8) is 0 Å². The number of carbonyl (C=O) groups excluding carboxylic acids is 1. The average molecular weight is 335 g/mol. The maximum atomic E-state index is 12.0. The normalized spacial score (nSPS) is 11.0. The van der Waals surface area contributed by atoms with Crippen LogP contribution in [-0.4, -0.2) is 21.9 Å². The van der Waals surface area contributed by atoms with Crippen LogP contribution in [0.5, 0.6) is 0 Å². The second-order valence-electron chi connectivity index (χ2n) is 4.43. The summed E-state index contributed by atoms with van der Waals surface area (Å²) in [5.74, 6) is -0.342. The van der Waals surface area contributed by atoms with Crippen molar-refractivity contribution in [2.24, 2.45) is 12.1 Å². The molecule has 6 heteroatoms. The van der Waals surface area contributed by atoms with E-state index in [9.17, 15) is 4.79 Å². The van der Waals surface area contributed by atoms with Crippen molar-refractivity contribution < 1.29 is 4.79 Å². The largest absolute Gasteiger partial charge is 0.293 e. The van der Waals surface area contributed by atoms with Gasteiger partial charge in [-0.05, 0) is 40.9 Å². The van der Waals surface area contributed by atoms with E-state index in [0.717, 1.165) is 16.8 Å². The molecule has 0 saturated heterocycles. The minimum Gasteiger partial charge on any atom is -0.271 e. The van der Waals surface area contributed by atoms with Gasteiger partial charge in [-0.3, -0.25) is 9.48 Å². The van der Waals surface area contributed by atoms with E-state index >= 15 is 0 Å². The molecule has 1 N–H and O–H groups in total. The van der Waals surface area contributed by atoms with Crippen LogP contribution in [0.4, 0.5) is 0 Å². The molecule has 1 amide bonds. The first-order valence-electron chi connectivity index (χ1n) is 6.09. The lowest BCUT2D eigenvalue weighted by atomic mass is 10.1. The van der Waals surface area contributed by atoms with E-state index in [-0.39, 0.29) is 5.91 Å². The van der Waals surface area contributed by atoms with E-state index in [1.54, 1.807) is 17.9 Å². The number of carbonyl (C=O) groups is 1. The van der Waals surface area contributed by atoms with E-state index < -0.39 is 0 Å². The standard InChI is InChI=1S/C14H15BrN4O/c1-9-6-4-5-7-11(9)8-16-17-14(20)13-12(15)10(2)19(3)18-13/h4-8H,1-3H3,(H,17,20)/b16-8+. The van der Waals surface area contributed by atoms with Crippen LogP contribution < -0.4 is 5.43 Å². The van der Waals surface area contributed by atoms with Crippen molar-refractivity contribution in [2.75, 3.05) is 0 Å². The zero-order chi connectivity index (χ0) is 14.7. The number of nitrogens with zero attached hydrogens (tertiary/aromatic N) is 3. The highest BCUT2D eigenvalue weighted by molar-refractivity contribution is 9.10. The molecule has 0 saturated carbocycles.